The first-order chi connectivity index (χ1) is 14.5. The van der Waals surface area contributed by atoms with Gasteiger partial charge in [0.05, 0.1) is 25.6 Å². The fraction of sp³-hybridized carbons (Fsp3) is 0.522. The number of amides is 3. The van der Waals surface area contributed by atoms with Gasteiger partial charge in [-0.1, -0.05) is 31.6 Å². The van der Waals surface area contributed by atoms with E-state index in [2.05, 4.69) is 12.2 Å². The Bertz CT molecular complexity index is 850. The number of allylic oxidation sites excluding steroid dienone is 2. The number of hydrogen-bond acceptors (Lipinski definition) is 5. The van der Waals surface area contributed by atoms with Crippen molar-refractivity contribution in [1.29, 1.82) is 0 Å². The van der Waals surface area contributed by atoms with Gasteiger partial charge in [-0.05, 0) is 42.4 Å². The molecule has 0 radical (unpaired) electrons. The number of nitrogens with one attached hydrogen (secondary N) is 1. The average Bonchev–Trinajstić information content (AvgIpc) is 3.43. The number of imide groups is 1. The maximum atomic E-state index is 12.7. The van der Waals surface area contributed by atoms with Crippen LogP contribution in [0.5, 0.6) is 11.5 Å². The van der Waals surface area contributed by atoms with Crippen LogP contribution in [0.3, 0.4) is 0 Å². The average molecular weight is 412 g/mol. The minimum atomic E-state index is -0.348. The summed E-state index contributed by atoms with van der Waals surface area (Å²) in [5, 5.41) is 2.80. The number of unbranched alkanes of at least 4 members (excludes halogenated alkanes) is 1. The standard InChI is InChI=1S/C23H28N2O5/c1-3-4-9-30-17-8-5-14(10-18(17)29-2)12-24-19(26)13-25-22(27)20-15-6-7-16(11-15)21(20)23(25)28/h5-8,10,15-16,20-21H,3-4,9,11-13H2,1-2H3,(H,24,26). The molecule has 1 aliphatic heterocycles. The highest BCUT2D eigenvalue weighted by atomic mass is 16.5. The molecular weight excluding hydrogens is 384 g/mol. The first-order valence-electron chi connectivity index (χ1n) is 10.6. The van der Waals surface area contributed by atoms with E-state index in [-0.39, 0.29) is 54.5 Å². The topological polar surface area (TPSA) is 84.9 Å². The Kier molecular flexibility index (Phi) is 5.79. The molecule has 1 saturated heterocycles. The number of likely N-dealkylation sites (tertiary alicyclic amines) is 1. The third-order valence-electron chi connectivity index (χ3n) is 6.34. The molecule has 4 unspecified atom stereocenters. The SMILES string of the molecule is CCCCOc1ccc(CNC(=O)CN2C(=O)C3C4C=CC(C4)C3C2=O)cc1OC. The molecule has 4 rings (SSSR count). The van der Waals surface area contributed by atoms with Gasteiger partial charge in [0.1, 0.15) is 6.54 Å². The molecule has 30 heavy (non-hydrogen) atoms. The highest BCUT2D eigenvalue weighted by Crippen LogP contribution is 2.52. The highest BCUT2D eigenvalue weighted by molar-refractivity contribution is 6.08. The van der Waals surface area contributed by atoms with Crippen molar-refractivity contribution in [3.63, 3.8) is 0 Å². The molecule has 2 aliphatic carbocycles. The molecule has 1 aromatic carbocycles. The Morgan fingerprint density at radius 3 is 2.47 bits per heavy atom. The number of carbonyl (C=O) groups is 3. The van der Waals surface area contributed by atoms with E-state index in [1.165, 1.54) is 0 Å². The van der Waals surface area contributed by atoms with Crippen molar-refractivity contribution in [2.45, 2.75) is 32.7 Å². The van der Waals surface area contributed by atoms with E-state index < -0.39 is 0 Å². The van der Waals surface area contributed by atoms with Gasteiger partial charge in [-0.15, -0.1) is 0 Å². The second-order valence-electron chi connectivity index (χ2n) is 8.23. The second kappa shape index (κ2) is 8.50. The molecule has 0 spiro atoms. The third kappa shape index (κ3) is 3.68. The summed E-state index contributed by atoms with van der Waals surface area (Å²) in [6, 6.07) is 5.51. The number of nitrogens with zero attached hydrogens (tertiary/aromatic N) is 1. The van der Waals surface area contributed by atoms with Crippen LogP contribution >= 0.6 is 0 Å². The Morgan fingerprint density at radius 2 is 1.83 bits per heavy atom. The first kappa shape index (κ1) is 20.4. The second-order valence-corrected chi connectivity index (χ2v) is 8.23. The van der Waals surface area contributed by atoms with Crippen LogP contribution in [0.2, 0.25) is 0 Å². The van der Waals surface area contributed by atoms with Crippen LogP contribution in [0.1, 0.15) is 31.7 Å². The number of hydrogen-bond donors (Lipinski definition) is 1. The highest BCUT2D eigenvalue weighted by Gasteiger charge is 2.59. The van der Waals surface area contributed by atoms with Crippen molar-refractivity contribution in [2.24, 2.45) is 23.7 Å². The van der Waals surface area contributed by atoms with E-state index in [1.807, 2.05) is 30.4 Å². The van der Waals surface area contributed by atoms with Crippen LogP contribution in [0.25, 0.3) is 0 Å². The van der Waals surface area contributed by atoms with Gasteiger partial charge in [0, 0.05) is 6.54 Å². The van der Waals surface area contributed by atoms with Gasteiger partial charge in [-0.2, -0.15) is 0 Å². The molecule has 1 heterocycles. The molecule has 1 N–H and O–H groups in total. The summed E-state index contributed by atoms with van der Waals surface area (Å²) in [6.07, 6.45) is 6.99. The van der Waals surface area contributed by atoms with Crippen LogP contribution in [-0.2, 0) is 20.9 Å². The Hall–Kier alpha value is -2.83. The lowest BCUT2D eigenvalue weighted by Gasteiger charge is -2.17. The van der Waals surface area contributed by atoms with Crippen molar-refractivity contribution in [3.05, 3.63) is 35.9 Å². The maximum absolute atomic E-state index is 12.7. The van der Waals surface area contributed by atoms with Crippen LogP contribution in [0.4, 0.5) is 0 Å². The van der Waals surface area contributed by atoms with Crippen molar-refractivity contribution >= 4 is 17.7 Å². The zero-order valence-corrected chi connectivity index (χ0v) is 17.4. The van der Waals surface area contributed by atoms with Gasteiger partial charge in [0.15, 0.2) is 11.5 Å². The van der Waals surface area contributed by atoms with Gasteiger partial charge in [0.25, 0.3) is 0 Å². The fourth-order valence-electron chi connectivity index (χ4n) is 4.79. The molecule has 0 aromatic heterocycles. The summed E-state index contributed by atoms with van der Waals surface area (Å²) in [5.74, 6) is 0.279. The van der Waals surface area contributed by atoms with Crippen LogP contribution in [-0.4, -0.2) is 42.9 Å². The summed E-state index contributed by atoms with van der Waals surface area (Å²) >= 11 is 0. The Labute approximate surface area is 176 Å². The Balaban J connectivity index is 1.32. The summed E-state index contributed by atoms with van der Waals surface area (Å²) in [5.41, 5.74) is 0.848. The minimum Gasteiger partial charge on any atom is -0.493 e. The number of carbonyl (C=O) groups excluding carboxylic acids is 3. The minimum absolute atomic E-state index is 0.148. The summed E-state index contributed by atoms with van der Waals surface area (Å²) in [7, 11) is 1.58. The van der Waals surface area contributed by atoms with Gasteiger partial charge in [-0.25, -0.2) is 0 Å². The molecule has 1 aromatic rings. The van der Waals surface area contributed by atoms with E-state index in [1.54, 1.807) is 7.11 Å². The first-order valence-corrected chi connectivity index (χ1v) is 10.6. The molecule has 3 amide bonds. The number of ether oxygens (including phenoxy) is 2. The van der Waals surface area contributed by atoms with E-state index >= 15 is 0 Å². The van der Waals surface area contributed by atoms with E-state index in [9.17, 15) is 14.4 Å². The predicted molar refractivity (Wildman–Crippen MR) is 110 cm³/mol. The van der Waals surface area contributed by atoms with Gasteiger partial charge >= 0.3 is 0 Å². The maximum Gasteiger partial charge on any atom is 0.240 e. The predicted octanol–water partition coefficient (Wildman–Crippen LogP) is 2.30. The van der Waals surface area contributed by atoms with Gasteiger partial charge in [0.2, 0.25) is 17.7 Å². The third-order valence-corrected chi connectivity index (χ3v) is 6.34. The summed E-state index contributed by atoms with van der Waals surface area (Å²) in [6.45, 7) is 2.78. The van der Waals surface area contributed by atoms with Crippen molar-refractivity contribution in [3.8, 4) is 11.5 Å². The molecule has 4 atom stereocenters. The largest absolute Gasteiger partial charge is 0.493 e. The summed E-state index contributed by atoms with van der Waals surface area (Å²) < 4.78 is 11.1. The monoisotopic (exact) mass is 412 g/mol. The molecule has 7 heteroatoms. The van der Waals surface area contributed by atoms with Crippen LogP contribution < -0.4 is 14.8 Å². The summed E-state index contributed by atoms with van der Waals surface area (Å²) in [4.78, 5) is 38.9. The number of fused-ring (bicyclic) bond motifs is 5. The lowest BCUT2D eigenvalue weighted by atomic mass is 9.85. The molecule has 2 bridgehead atoms. The molecule has 160 valence electrons. The number of methoxy groups -OCH3 is 1. The fourth-order valence-corrected chi connectivity index (χ4v) is 4.79. The quantitative estimate of drug-likeness (QED) is 0.382. The van der Waals surface area contributed by atoms with Crippen molar-refractivity contribution < 1.29 is 23.9 Å². The normalized spacial score (nSPS) is 26.3. The number of benzene rings is 1. The Morgan fingerprint density at radius 1 is 1.13 bits per heavy atom. The molecule has 7 nitrogen and oxygen atoms in total. The van der Waals surface area contributed by atoms with Crippen molar-refractivity contribution in [1.82, 2.24) is 10.2 Å². The van der Waals surface area contributed by atoms with Gasteiger partial charge in [-0.3, -0.25) is 19.3 Å². The molecule has 3 aliphatic rings. The van der Waals surface area contributed by atoms with E-state index in [0.29, 0.717) is 18.1 Å². The van der Waals surface area contributed by atoms with E-state index in [4.69, 9.17) is 9.47 Å². The zero-order valence-electron chi connectivity index (χ0n) is 17.4. The molecular formula is C23H28N2O5. The van der Waals surface area contributed by atoms with E-state index in [0.717, 1.165) is 29.7 Å². The zero-order chi connectivity index (χ0) is 21.3. The van der Waals surface area contributed by atoms with Crippen LogP contribution in [0.15, 0.2) is 30.4 Å². The molecule has 1 saturated carbocycles. The number of rotatable bonds is 9. The smallest absolute Gasteiger partial charge is 0.240 e. The lowest BCUT2D eigenvalue weighted by molar-refractivity contribution is -0.144. The van der Waals surface area contributed by atoms with Crippen molar-refractivity contribution in [2.75, 3.05) is 20.3 Å². The molecule has 2 fully saturated rings. The lowest BCUT2D eigenvalue weighted by Crippen LogP contribution is -2.41. The van der Waals surface area contributed by atoms with Gasteiger partial charge < -0.3 is 14.8 Å². The van der Waals surface area contributed by atoms with Crippen LogP contribution in [0, 0.1) is 23.7 Å².